The van der Waals surface area contributed by atoms with Crippen molar-refractivity contribution in [1.29, 1.82) is 0 Å². The van der Waals surface area contributed by atoms with Crippen molar-refractivity contribution in [3.63, 3.8) is 0 Å². The number of aromatic nitrogens is 3. The zero-order chi connectivity index (χ0) is 21.1. The Morgan fingerprint density at radius 2 is 2.00 bits per heavy atom. The first-order valence-electron chi connectivity index (χ1n) is 10.6. The average molecular weight is 403 g/mol. The molecule has 1 atom stereocenters. The lowest BCUT2D eigenvalue weighted by atomic mass is 9.75. The lowest BCUT2D eigenvalue weighted by Gasteiger charge is -2.31. The average Bonchev–Trinajstić information content (AvgIpc) is 2.95. The number of ether oxygens (including phenoxy) is 1. The number of fused-ring (bicyclic) bond motifs is 1. The Morgan fingerprint density at radius 1 is 1.13 bits per heavy atom. The van der Waals surface area contributed by atoms with Gasteiger partial charge in [-0.1, -0.05) is 32.9 Å². The van der Waals surface area contributed by atoms with Crippen LogP contribution in [0.1, 0.15) is 49.2 Å². The van der Waals surface area contributed by atoms with Gasteiger partial charge in [-0.15, -0.1) is 0 Å². The second-order valence-electron chi connectivity index (χ2n) is 9.07. The van der Waals surface area contributed by atoms with Crippen LogP contribution in [0.15, 0.2) is 48.9 Å². The normalized spacial score (nSPS) is 16.6. The van der Waals surface area contributed by atoms with Gasteiger partial charge in [0.15, 0.2) is 0 Å². The van der Waals surface area contributed by atoms with Gasteiger partial charge in [0.25, 0.3) is 0 Å². The van der Waals surface area contributed by atoms with Crippen molar-refractivity contribution in [3.05, 3.63) is 71.4 Å². The van der Waals surface area contributed by atoms with Gasteiger partial charge in [0.2, 0.25) is 0 Å². The fraction of sp³-hybridized carbons (Fsp3) is 0.400. The third-order valence-corrected chi connectivity index (χ3v) is 5.75. The summed E-state index contributed by atoms with van der Waals surface area (Å²) in [5.74, 6) is 1.26. The highest BCUT2D eigenvalue weighted by atomic mass is 16.5. The van der Waals surface area contributed by atoms with Crippen molar-refractivity contribution in [3.8, 4) is 17.0 Å². The molecule has 30 heavy (non-hydrogen) atoms. The molecule has 0 aliphatic carbocycles. The number of hydrogen-bond donors (Lipinski definition) is 1. The van der Waals surface area contributed by atoms with E-state index in [4.69, 9.17) is 9.72 Å². The van der Waals surface area contributed by atoms with E-state index in [-0.39, 0.29) is 5.41 Å². The highest BCUT2D eigenvalue weighted by molar-refractivity contribution is 5.68. The van der Waals surface area contributed by atoms with Crippen LogP contribution < -0.4 is 10.1 Å². The fourth-order valence-corrected chi connectivity index (χ4v) is 4.09. The zero-order valence-electron chi connectivity index (χ0n) is 18.3. The summed E-state index contributed by atoms with van der Waals surface area (Å²) in [4.78, 5) is 13.2. The minimum atomic E-state index is 0.209. The summed E-state index contributed by atoms with van der Waals surface area (Å²) >= 11 is 0. The molecule has 0 fully saturated rings. The van der Waals surface area contributed by atoms with Gasteiger partial charge in [-0.25, -0.2) is 4.98 Å². The lowest BCUT2D eigenvalue weighted by molar-refractivity contribution is 0.301. The molecular weight excluding hydrogens is 372 g/mol. The first-order valence-corrected chi connectivity index (χ1v) is 10.6. The molecule has 3 aromatic rings. The summed E-state index contributed by atoms with van der Waals surface area (Å²) in [5, 5.41) is 3.62. The molecule has 0 saturated carbocycles. The Labute approximate surface area is 179 Å². The molecule has 0 saturated heterocycles. The molecule has 5 heteroatoms. The fourth-order valence-electron chi connectivity index (χ4n) is 4.09. The summed E-state index contributed by atoms with van der Waals surface area (Å²) in [5.41, 5.74) is 6.81. The molecule has 0 bridgehead atoms. The molecule has 1 aromatic carbocycles. The quantitative estimate of drug-likeness (QED) is 0.685. The van der Waals surface area contributed by atoms with Crippen LogP contribution in [-0.2, 0) is 13.0 Å². The first-order chi connectivity index (χ1) is 14.4. The van der Waals surface area contributed by atoms with E-state index in [2.05, 4.69) is 54.3 Å². The van der Waals surface area contributed by atoms with Crippen LogP contribution in [0.25, 0.3) is 11.3 Å². The van der Waals surface area contributed by atoms with Crippen LogP contribution in [0.2, 0.25) is 0 Å². The zero-order valence-corrected chi connectivity index (χ0v) is 18.3. The predicted molar refractivity (Wildman–Crippen MR) is 120 cm³/mol. The number of benzene rings is 1. The second-order valence-corrected chi connectivity index (χ2v) is 9.07. The molecule has 156 valence electrons. The summed E-state index contributed by atoms with van der Waals surface area (Å²) in [6, 6.07) is 10.8. The maximum atomic E-state index is 6.10. The topological polar surface area (TPSA) is 59.9 Å². The van der Waals surface area contributed by atoms with E-state index in [9.17, 15) is 0 Å². The van der Waals surface area contributed by atoms with Crippen molar-refractivity contribution in [2.75, 3.05) is 13.1 Å². The summed E-state index contributed by atoms with van der Waals surface area (Å²) in [6.07, 6.45) is 6.09. The van der Waals surface area contributed by atoms with Gasteiger partial charge in [0, 0.05) is 36.1 Å². The van der Waals surface area contributed by atoms with Crippen LogP contribution >= 0.6 is 0 Å². The molecule has 1 N–H and O–H groups in total. The largest absolute Gasteiger partial charge is 0.485 e. The highest BCUT2D eigenvalue weighted by Gasteiger charge is 2.29. The van der Waals surface area contributed by atoms with Crippen molar-refractivity contribution in [1.82, 2.24) is 20.3 Å². The van der Waals surface area contributed by atoms with E-state index in [1.165, 1.54) is 11.1 Å². The Balaban J connectivity index is 1.69. The molecule has 4 rings (SSSR count). The smallest absolute Gasteiger partial charge is 0.146 e. The van der Waals surface area contributed by atoms with Crippen LogP contribution in [0.4, 0.5) is 0 Å². The SMILES string of the molecule is Cc1ccc(OCc2cnccn2)c(-c2ccc3c(c2)CCNCC3C(C)(C)C)n1. The van der Waals surface area contributed by atoms with Crippen molar-refractivity contribution < 1.29 is 4.74 Å². The van der Waals surface area contributed by atoms with Crippen molar-refractivity contribution in [2.45, 2.75) is 46.6 Å². The lowest BCUT2D eigenvalue weighted by Crippen LogP contribution is -2.28. The van der Waals surface area contributed by atoms with Gasteiger partial charge in [0.05, 0.1) is 11.9 Å². The third-order valence-electron chi connectivity index (χ3n) is 5.75. The molecule has 3 heterocycles. The predicted octanol–water partition coefficient (Wildman–Crippen LogP) is 4.70. The molecule has 0 amide bonds. The van der Waals surface area contributed by atoms with Gasteiger partial charge in [-0.3, -0.25) is 9.97 Å². The summed E-state index contributed by atoms with van der Waals surface area (Å²) in [6.45, 7) is 11.4. The molecular formula is C25H30N4O. The van der Waals surface area contributed by atoms with Gasteiger partial charge in [0.1, 0.15) is 18.1 Å². The van der Waals surface area contributed by atoms with Crippen LogP contribution in [0.5, 0.6) is 5.75 Å². The molecule has 1 unspecified atom stereocenters. The number of aryl methyl sites for hydroxylation is 1. The molecule has 5 nitrogen and oxygen atoms in total. The van der Waals surface area contributed by atoms with E-state index < -0.39 is 0 Å². The Bertz CT molecular complexity index is 1010. The maximum Gasteiger partial charge on any atom is 0.146 e. The van der Waals surface area contributed by atoms with E-state index >= 15 is 0 Å². The number of pyridine rings is 1. The van der Waals surface area contributed by atoms with Gasteiger partial charge in [-0.05, 0) is 54.6 Å². The number of nitrogens with one attached hydrogen (secondary N) is 1. The van der Waals surface area contributed by atoms with E-state index in [0.29, 0.717) is 12.5 Å². The second kappa shape index (κ2) is 8.52. The molecule has 1 aliphatic heterocycles. The van der Waals surface area contributed by atoms with Gasteiger partial charge >= 0.3 is 0 Å². The monoisotopic (exact) mass is 402 g/mol. The Hall–Kier alpha value is -2.79. The van der Waals surface area contributed by atoms with Crippen molar-refractivity contribution >= 4 is 0 Å². The van der Waals surface area contributed by atoms with E-state index in [1.54, 1.807) is 18.6 Å². The summed E-state index contributed by atoms with van der Waals surface area (Å²) in [7, 11) is 0. The summed E-state index contributed by atoms with van der Waals surface area (Å²) < 4.78 is 6.10. The molecule has 1 aliphatic rings. The number of rotatable bonds is 4. The van der Waals surface area contributed by atoms with E-state index in [1.807, 2.05) is 19.1 Å². The van der Waals surface area contributed by atoms with Crippen LogP contribution in [0, 0.1) is 12.3 Å². The minimum absolute atomic E-state index is 0.209. The Morgan fingerprint density at radius 3 is 2.77 bits per heavy atom. The molecule has 2 aromatic heterocycles. The third kappa shape index (κ3) is 4.51. The van der Waals surface area contributed by atoms with Gasteiger partial charge < -0.3 is 10.1 Å². The van der Waals surface area contributed by atoms with Crippen LogP contribution in [-0.4, -0.2) is 28.0 Å². The van der Waals surface area contributed by atoms with Crippen molar-refractivity contribution in [2.24, 2.45) is 5.41 Å². The molecule has 0 radical (unpaired) electrons. The highest BCUT2D eigenvalue weighted by Crippen LogP contribution is 2.39. The number of nitrogens with zero attached hydrogens (tertiary/aromatic N) is 3. The molecule has 0 spiro atoms. The van der Waals surface area contributed by atoms with Crippen LogP contribution in [0.3, 0.4) is 0 Å². The van der Waals surface area contributed by atoms with Gasteiger partial charge in [-0.2, -0.15) is 0 Å². The minimum Gasteiger partial charge on any atom is -0.485 e. The number of hydrogen-bond acceptors (Lipinski definition) is 5. The first kappa shape index (κ1) is 20.5. The maximum absolute atomic E-state index is 6.10. The van der Waals surface area contributed by atoms with E-state index in [0.717, 1.165) is 47.9 Å². The standard InChI is InChI=1S/C25H30N4O/c1-17-5-8-23(30-16-20-14-27-11-12-28-20)24(29-17)19-6-7-21-18(13-19)9-10-26-15-22(21)25(2,3)4/h5-8,11-14,22,26H,9-10,15-16H2,1-4H3. The Kier molecular flexibility index (Phi) is 5.82.